The Bertz CT molecular complexity index is 1060. The summed E-state index contributed by atoms with van der Waals surface area (Å²) < 4.78 is 1.67. The van der Waals surface area contributed by atoms with Gasteiger partial charge in [-0.3, -0.25) is 0 Å². The van der Waals surface area contributed by atoms with Gasteiger partial charge in [0.15, 0.2) is 11.5 Å². The molecule has 9 heteroatoms. The lowest BCUT2D eigenvalue weighted by Gasteiger charge is -2.05. The molecule has 132 valence electrons. The molecule has 0 aliphatic heterocycles. The molecule has 4 rings (SSSR count). The van der Waals surface area contributed by atoms with Gasteiger partial charge in [0.25, 0.3) is 0 Å². The summed E-state index contributed by atoms with van der Waals surface area (Å²) in [6.07, 6.45) is 0. The number of halogens is 2. The number of benzene rings is 1. The van der Waals surface area contributed by atoms with Gasteiger partial charge < -0.3 is 5.32 Å². The minimum absolute atomic E-state index is 0.535. The van der Waals surface area contributed by atoms with Gasteiger partial charge >= 0.3 is 0 Å². The summed E-state index contributed by atoms with van der Waals surface area (Å²) in [6.45, 7) is 4.69. The highest BCUT2D eigenvalue weighted by atomic mass is 35.5. The minimum atomic E-state index is 0.535. The SMILES string of the molecule is Cc1nc(CNc2ccc3nnc(-c4cc(Cl)cc(Cl)c4)n3n2)sc1C. The fraction of sp³-hybridized carbons (Fsp3) is 0.176. The Labute approximate surface area is 163 Å². The van der Waals surface area contributed by atoms with Gasteiger partial charge in [-0.15, -0.1) is 26.6 Å². The average Bonchev–Trinajstić information content (AvgIpc) is 3.15. The second kappa shape index (κ2) is 6.83. The molecule has 1 N–H and O–H groups in total. The van der Waals surface area contributed by atoms with Gasteiger partial charge in [-0.05, 0) is 44.2 Å². The van der Waals surface area contributed by atoms with Crippen LogP contribution in [0, 0.1) is 13.8 Å². The van der Waals surface area contributed by atoms with E-state index in [1.807, 2.05) is 19.1 Å². The van der Waals surface area contributed by atoms with Crippen LogP contribution in [0.25, 0.3) is 17.0 Å². The molecule has 0 spiro atoms. The number of thiazole rings is 1. The number of fused-ring (bicyclic) bond motifs is 1. The third-order valence-electron chi connectivity index (χ3n) is 3.88. The number of hydrogen-bond acceptors (Lipinski definition) is 6. The monoisotopic (exact) mass is 404 g/mol. The van der Waals surface area contributed by atoms with Gasteiger partial charge in [-0.1, -0.05) is 23.2 Å². The van der Waals surface area contributed by atoms with Gasteiger partial charge in [0.05, 0.1) is 12.2 Å². The Morgan fingerprint density at radius 3 is 2.54 bits per heavy atom. The van der Waals surface area contributed by atoms with Crippen molar-refractivity contribution >= 4 is 46.0 Å². The topological polar surface area (TPSA) is 68.0 Å². The maximum absolute atomic E-state index is 6.10. The number of nitrogens with one attached hydrogen (secondary N) is 1. The van der Waals surface area contributed by atoms with Crippen molar-refractivity contribution in [3.8, 4) is 11.4 Å². The van der Waals surface area contributed by atoms with E-state index in [1.165, 1.54) is 4.88 Å². The fourth-order valence-electron chi connectivity index (χ4n) is 2.53. The molecule has 0 saturated carbocycles. The quantitative estimate of drug-likeness (QED) is 0.529. The predicted octanol–water partition coefficient (Wildman–Crippen LogP) is 4.78. The highest BCUT2D eigenvalue weighted by Gasteiger charge is 2.12. The van der Waals surface area contributed by atoms with Crippen molar-refractivity contribution in [1.82, 2.24) is 24.8 Å². The number of aryl methyl sites for hydroxylation is 2. The van der Waals surface area contributed by atoms with Gasteiger partial charge in [-0.2, -0.15) is 4.52 Å². The van der Waals surface area contributed by atoms with Crippen LogP contribution >= 0.6 is 34.5 Å². The number of anilines is 1. The van der Waals surface area contributed by atoms with Crippen LogP contribution in [0.3, 0.4) is 0 Å². The molecule has 26 heavy (non-hydrogen) atoms. The third-order valence-corrected chi connectivity index (χ3v) is 5.39. The van der Waals surface area contributed by atoms with Crippen LogP contribution < -0.4 is 5.32 Å². The zero-order valence-corrected chi connectivity index (χ0v) is 16.3. The Morgan fingerprint density at radius 1 is 1.08 bits per heavy atom. The number of rotatable bonds is 4. The van der Waals surface area contributed by atoms with E-state index >= 15 is 0 Å². The maximum atomic E-state index is 6.10. The van der Waals surface area contributed by atoms with E-state index in [-0.39, 0.29) is 0 Å². The molecule has 0 aliphatic rings. The van der Waals surface area contributed by atoms with E-state index in [0.29, 0.717) is 33.9 Å². The third kappa shape index (κ3) is 3.38. The van der Waals surface area contributed by atoms with Crippen molar-refractivity contribution in [3.63, 3.8) is 0 Å². The van der Waals surface area contributed by atoms with Crippen LogP contribution in [0.5, 0.6) is 0 Å². The van der Waals surface area contributed by atoms with Gasteiger partial charge in [0.1, 0.15) is 10.8 Å². The van der Waals surface area contributed by atoms with Crippen LogP contribution in [0.1, 0.15) is 15.6 Å². The van der Waals surface area contributed by atoms with Crippen LogP contribution in [0.15, 0.2) is 30.3 Å². The molecule has 3 heterocycles. The minimum Gasteiger partial charge on any atom is -0.362 e. The van der Waals surface area contributed by atoms with E-state index in [2.05, 4.69) is 32.5 Å². The standard InChI is InChI=1S/C17H14Cl2N6S/c1-9-10(2)26-16(21-9)8-20-14-3-4-15-22-23-17(25(15)24-14)11-5-12(18)7-13(19)6-11/h3-7H,8H2,1-2H3,(H,20,24). The van der Waals surface area contributed by atoms with Crippen molar-refractivity contribution in [2.75, 3.05) is 5.32 Å². The normalized spacial score (nSPS) is 11.2. The molecule has 0 atom stereocenters. The molecule has 0 aliphatic carbocycles. The summed E-state index contributed by atoms with van der Waals surface area (Å²) in [5.74, 6) is 1.28. The molecule has 0 bridgehead atoms. The van der Waals surface area contributed by atoms with Gasteiger partial charge in [-0.25, -0.2) is 4.98 Å². The maximum Gasteiger partial charge on any atom is 0.185 e. The molecule has 0 unspecified atom stereocenters. The lowest BCUT2D eigenvalue weighted by molar-refractivity contribution is 0.922. The molecule has 0 radical (unpaired) electrons. The van der Waals surface area contributed by atoms with Crippen LogP contribution in [0.4, 0.5) is 5.82 Å². The highest BCUT2D eigenvalue weighted by molar-refractivity contribution is 7.11. The largest absolute Gasteiger partial charge is 0.362 e. The second-order valence-corrected chi connectivity index (χ2v) is 7.93. The molecule has 6 nitrogen and oxygen atoms in total. The number of nitrogens with zero attached hydrogens (tertiary/aromatic N) is 5. The molecule has 4 aromatic rings. The number of aromatic nitrogens is 5. The Kier molecular flexibility index (Phi) is 4.52. The molecule has 0 saturated heterocycles. The van der Waals surface area contributed by atoms with Crippen molar-refractivity contribution in [3.05, 3.63) is 56.0 Å². The smallest absolute Gasteiger partial charge is 0.185 e. The summed E-state index contributed by atoms with van der Waals surface area (Å²) >= 11 is 13.9. The summed E-state index contributed by atoms with van der Waals surface area (Å²) in [4.78, 5) is 5.76. The van der Waals surface area contributed by atoms with E-state index < -0.39 is 0 Å². The average molecular weight is 405 g/mol. The van der Waals surface area contributed by atoms with Crippen LogP contribution in [0.2, 0.25) is 10.0 Å². The van der Waals surface area contributed by atoms with E-state index in [9.17, 15) is 0 Å². The molecule has 0 amide bonds. The molecule has 0 fully saturated rings. The molecule has 1 aromatic carbocycles. The van der Waals surface area contributed by atoms with E-state index in [0.717, 1.165) is 16.3 Å². The van der Waals surface area contributed by atoms with Gasteiger partial charge in [0.2, 0.25) is 0 Å². The summed E-state index contributed by atoms with van der Waals surface area (Å²) in [7, 11) is 0. The summed E-state index contributed by atoms with van der Waals surface area (Å²) in [5.41, 5.74) is 2.46. The van der Waals surface area contributed by atoms with Gasteiger partial charge in [0, 0.05) is 20.5 Å². The Balaban J connectivity index is 1.65. The summed E-state index contributed by atoms with van der Waals surface area (Å²) in [6, 6.07) is 8.97. The van der Waals surface area contributed by atoms with Crippen molar-refractivity contribution in [2.24, 2.45) is 0 Å². The van der Waals surface area contributed by atoms with Crippen LogP contribution in [-0.2, 0) is 6.54 Å². The Hall–Kier alpha value is -2.22. The molecular weight excluding hydrogens is 391 g/mol. The number of hydrogen-bond donors (Lipinski definition) is 1. The van der Waals surface area contributed by atoms with Crippen molar-refractivity contribution < 1.29 is 0 Å². The predicted molar refractivity (Wildman–Crippen MR) is 105 cm³/mol. The summed E-state index contributed by atoms with van der Waals surface area (Å²) in [5, 5.41) is 18.3. The molecule has 3 aromatic heterocycles. The highest BCUT2D eigenvalue weighted by Crippen LogP contribution is 2.26. The van der Waals surface area contributed by atoms with E-state index in [4.69, 9.17) is 23.2 Å². The zero-order valence-electron chi connectivity index (χ0n) is 14.0. The lowest BCUT2D eigenvalue weighted by atomic mass is 10.2. The first-order chi connectivity index (χ1) is 12.5. The Morgan fingerprint density at radius 2 is 1.85 bits per heavy atom. The fourth-order valence-corrected chi connectivity index (χ4v) is 3.93. The first-order valence-electron chi connectivity index (χ1n) is 7.85. The van der Waals surface area contributed by atoms with Crippen molar-refractivity contribution in [2.45, 2.75) is 20.4 Å². The first kappa shape index (κ1) is 17.2. The van der Waals surface area contributed by atoms with Crippen LogP contribution in [-0.4, -0.2) is 24.8 Å². The second-order valence-electron chi connectivity index (χ2n) is 5.77. The molecular formula is C17H14Cl2N6S. The van der Waals surface area contributed by atoms with Crippen molar-refractivity contribution in [1.29, 1.82) is 0 Å². The zero-order chi connectivity index (χ0) is 18.3. The first-order valence-corrected chi connectivity index (χ1v) is 9.42. The lowest BCUT2D eigenvalue weighted by Crippen LogP contribution is -2.04. The van der Waals surface area contributed by atoms with E-state index in [1.54, 1.807) is 34.1 Å².